The number of carbonyl (C=O) groups is 2. The summed E-state index contributed by atoms with van der Waals surface area (Å²) in [6, 6.07) is 18.1. The van der Waals surface area contributed by atoms with E-state index in [-0.39, 0.29) is 48.9 Å². The predicted molar refractivity (Wildman–Crippen MR) is 126 cm³/mol. The first-order valence-corrected chi connectivity index (χ1v) is 11.8. The monoisotopic (exact) mass is 446 g/mol. The fourth-order valence-electron chi connectivity index (χ4n) is 5.46. The molecule has 0 spiro atoms. The highest BCUT2D eigenvalue weighted by Gasteiger charge is 2.54. The Hall–Kier alpha value is -2.96. The number of amides is 2. The van der Waals surface area contributed by atoms with Crippen molar-refractivity contribution in [3.05, 3.63) is 71.3 Å². The van der Waals surface area contributed by atoms with Crippen molar-refractivity contribution in [3.63, 3.8) is 0 Å². The van der Waals surface area contributed by atoms with Gasteiger partial charge >= 0.3 is 0 Å². The zero-order valence-corrected chi connectivity index (χ0v) is 18.7. The molecule has 3 fully saturated rings. The van der Waals surface area contributed by atoms with Crippen molar-refractivity contribution in [1.82, 2.24) is 9.80 Å². The Bertz CT molecular complexity index is 1010. The van der Waals surface area contributed by atoms with E-state index in [0.717, 1.165) is 29.5 Å². The van der Waals surface area contributed by atoms with E-state index in [4.69, 9.17) is 4.74 Å². The van der Waals surface area contributed by atoms with Gasteiger partial charge < -0.3 is 19.6 Å². The van der Waals surface area contributed by atoms with Gasteiger partial charge in [-0.05, 0) is 29.5 Å². The Balaban J connectivity index is 1.30. The number of ether oxygens (including phenoxy) is 1. The van der Waals surface area contributed by atoms with Crippen LogP contribution in [0.5, 0.6) is 0 Å². The second kappa shape index (κ2) is 9.49. The highest BCUT2D eigenvalue weighted by molar-refractivity contribution is 5.88. The van der Waals surface area contributed by atoms with Gasteiger partial charge in [0.1, 0.15) is 0 Å². The topological polar surface area (TPSA) is 70.1 Å². The molecule has 2 aromatic rings. The van der Waals surface area contributed by atoms with Crippen molar-refractivity contribution in [1.29, 1.82) is 0 Å². The lowest BCUT2D eigenvalue weighted by atomic mass is 9.73. The minimum atomic E-state index is -0.228. The van der Waals surface area contributed by atoms with Gasteiger partial charge in [0, 0.05) is 31.6 Å². The van der Waals surface area contributed by atoms with Crippen molar-refractivity contribution in [2.75, 3.05) is 32.9 Å². The Labute approximate surface area is 194 Å². The fourth-order valence-corrected chi connectivity index (χ4v) is 5.46. The lowest BCUT2D eigenvalue weighted by Crippen LogP contribution is -2.73. The van der Waals surface area contributed by atoms with Crippen LogP contribution in [0.3, 0.4) is 0 Å². The van der Waals surface area contributed by atoms with Crippen LogP contribution in [-0.2, 0) is 14.3 Å². The molecular weight excluding hydrogens is 416 g/mol. The highest BCUT2D eigenvalue weighted by Crippen LogP contribution is 2.43. The molecule has 3 atom stereocenters. The van der Waals surface area contributed by atoms with Gasteiger partial charge in [-0.3, -0.25) is 9.59 Å². The van der Waals surface area contributed by atoms with Crippen molar-refractivity contribution < 1.29 is 19.4 Å². The van der Waals surface area contributed by atoms with E-state index in [2.05, 4.69) is 48.6 Å². The zero-order chi connectivity index (χ0) is 22.8. The molecule has 33 heavy (non-hydrogen) atoms. The molecular formula is C27H30N2O4. The van der Waals surface area contributed by atoms with E-state index < -0.39 is 0 Å². The van der Waals surface area contributed by atoms with Crippen molar-refractivity contribution in [2.45, 2.75) is 30.8 Å². The molecule has 3 saturated heterocycles. The molecule has 3 aliphatic heterocycles. The maximum atomic E-state index is 13.0. The maximum Gasteiger partial charge on any atom is 0.242 e. The number of hydrogen-bond acceptors (Lipinski definition) is 4. The second-order valence-corrected chi connectivity index (χ2v) is 9.16. The first-order valence-electron chi connectivity index (χ1n) is 11.8. The van der Waals surface area contributed by atoms with Gasteiger partial charge in [0.15, 0.2) is 0 Å². The van der Waals surface area contributed by atoms with Crippen molar-refractivity contribution in [3.8, 4) is 0 Å². The summed E-state index contributed by atoms with van der Waals surface area (Å²) < 4.78 is 5.38. The van der Waals surface area contributed by atoms with Crippen LogP contribution in [0, 0.1) is 5.92 Å². The molecule has 5 rings (SSSR count). The van der Waals surface area contributed by atoms with E-state index in [1.54, 1.807) is 9.80 Å². The number of fused-ring (bicyclic) bond motifs is 1. The summed E-state index contributed by atoms with van der Waals surface area (Å²) in [5, 5.41) is 10.0. The van der Waals surface area contributed by atoms with E-state index in [1.807, 2.05) is 18.2 Å². The van der Waals surface area contributed by atoms with Gasteiger partial charge in [-0.1, -0.05) is 66.7 Å². The SMILES string of the molecule is O=C(C1CCOCC1)N1CC(=O)N2[C@H](CO)[C@@H](c3ccc(/C=C/c4ccccc4)cc3)[C@H]2C1. The standard InChI is InChI=1S/C27H30N2O4/c30-18-24-26(21-10-8-20(9-11-21)7-6-19-4-2-1-3-5-19)23-16-28(17-25(31)29(23)24)27(32)22-12-14-33-15-13-22/h1-11,22-24,26,30H,12-18H2/b7-6+/t23-,24-,26+/m1/s1. The van der Waals surface area contributed by atoms with E-state index in [1.165, 1.54) is 0 Å². The number of hydrogen-bond donors (Lipinski definition) is 1. The van der Waals surface area contributed by atoms with E-state index in [9.17, 15) is 14.7 Å². The van der Waals surface area contributed by atoms with Crippen molar-refractivity contribution >= 4 is 24.0 Å². The number of aliphatic hydroxyl groups is 1. The van der Waals surface area contributed by atoms with Crippen molar-refractivity contribution in [2.24, 2.45) is 5.92 Å². The van der Waals surface area contributed by atoms with Crippen LogP contribution in [0.2, 0.25) is 0 Å². The molecule has 0 saturated carbocycles. The number of carbonyl (C=O) groups excluding carboxylic acids is 2. The van der Waals surface area contributed by atoms with E-state index in [0.29, 0.717) is 19.8 Å². The van der Waals surface area contributed by atoms with Crippen LogP contribution < -0.4 is 0 Å². The molecule has 0 radical (unpaired) electrons. The Morgan fingerprint density at radius 2 is 1.67 bits per heavy atom. The Morgan fingerprint density at radius 1 is 1.00 bits per heavy atom. The number of benzene rings is 2. The smallest absolute Gasteiger partial charge is 0.242 e. The van der Waals surface area contributed by atoms with Gasteiger partial charge in [0.2, 0.25) is 11.8 Å². The molecule has 0 aliphatic carbocycles. The fraction of sp³-hybridized carbons (Fsp3) is 0.407. The van der Waals surface area contributed by atoms with Crippen LogP contribution in [0.15, 0.2) is 54.6 Å². The van der Waals surface area contributed by atoms with Gasteiger partial charge in [0.05, 0.1) is 25.2 Å². The van der Waals surface area contributed by atoms with Crippen LogP contribution in [-0.4, -0.2) is 71.7 Å². The number of nitrogens with zero attached hydrogens (tertiary/aromatic N) is 2. The summed E-state index contributed by atoms with van der Waals surface area (Å²) in [6.45, 7) is 1.77. The summed E-state index contributed by atoms with van der Waals surface area (Å²) in [7, 11) is 0. The first kappa shape index (κ1) is 21.9. The molecule has 3 heterocycles. The molecule has 1 N–H and O–H groups in total. The second-order valence-electron chi connectivity index (χ2n) is 9.16. The molecule has 172 valence electrons. The molecule has 6 nitrogen and oxygen atoms in total. The normalized spacial score (nSPS) is 25.7. The number of piperazine rings is 1. The zero-order valence-electron chi connectivity index (χ0n) is 18.7. The summed E-state index contributed by atoms with van der Waals surface area (Å²) in [5.41, 5.74) is 3.34. The lowest BCUT2D eigenvalue weighted by Gasteiger charge is -2.59. The van der Waals surface area contributed by atoms with Gasteiger partial charge in [-0.25, -0.2) is 0 Å². The Kier molecular flexibility index (Phi) is 6.29. The van der Waals surface area contributed by atoms with Gasteiger partial charge in [-0.15, -0.1) is 0 Å². The number of aliphatic hydroxyl groups excluding tert-OH is 1. The van der Waals surface area contributed by atoms with Crippen LogP contribution in [0.1, 0.15) is 35.4 Å². The van der Waals surface area contributed by atoms with Gasteiger partial charge in [-0.2, -0.15) is 0 Å². The molecule has 0 bridgehead atoms. The molecule has 0 unspecified atom stereocenters. The molecule has 2 amide bonds. The lowest BCUT2D eigenvalue weighted by molar-refractivity contribution is -0.169. The molecule has 0 aromatic heterocycles. The van der Waals surface area contributed by atoms with E-state index >= 15 is 0 Å². The quantitative estimate of drug-likeness (QED) is 0.717. The minimum absolute atomic E-state index is 0.0244. The molecule has 2 aromatic carbocycles. The third-order valence-corrected chi connectivity index (χ3v) is 7.22. The Morgan fingerprint density at radius 3 is 2.33 bits per heavy atom. The maximum absolute atomic E-state index is 13.0. The molecule has 6 heteroatoms. The van der Waals surface area contributed by atoms with Crippen LogP contribution in [0.4, 0.5) is 0 Å². The van der Waals surface area contributed by atoms with Gasteiger partial charge in [0.25, 0.3) is 0 Å². The van der Waals surface area contributed by atoms with Crippen LogP contribution >= 0.6 is 0 Å². The highest BCUT2D eigenvalue weighted by atomic mass is 16.5. The third-order valence-electron chi connectivity index (χ3n) is 7.22. The molecule has 3 aliphatic rings. The summed E-state index contributed by atoms with van der Waals surface area (Å²) in [5.74, 6) is -0.0272. The predicted octanol–water partition coefficient (Wildman–Crippen LogP) is 2.78. The summed E-state index contributed by atoms with van der Waals surface area (Å²) in [6.07, 6.45) is 5.60. The summed E-state index contributed by atoms with van der Waals surface area (Å²) in [4.78, 5) is 29.4. The summed E-state index contributed by atoms with van der Waals surface area (Å²) >= 11 is 0. The first-order chi connectivity index (χ1) is 16.2. The van der Waals surface area contributed by atoms with Crippen LogP contribution in [0.25, 0.3) is 12.2 Å². The minimum Gasteiger partial charge on any atom is -0.394 e. The largest absolute Gasteiger partial charge is 0.394 e. The number of rotatable bonds is 5. The third kappa shape index (κ3) is 4.33. The average molecular weight is 447 g/mol. The average Bonchev–Trinajstić information content (AvgIpc) is 2.85.